The second-order valence-electron chi connectivity index (χ2n) is 10.6. The smallest absolute Gasteiger partial charge is 0.407 e. The second kappa shape index (κ2) is 10.2. The van der Waals surface area contributed by atoms with E-state index in [9.17, 15) is 9.59 Å². The van der Waals surface area contributed by atoms with Gasteiger partial charge in [0, 0.05) is 11.6 Å². The molecule has 2 heterocycles. The lowest BCUT2D eigenvalue weighted by Crippen LogP contribution is -2.42. The maximum absolute atomic E-state index is 13.0. The largest absolute Gasteiger partial charge is 0.457 e. The van der Waals surface area contributed by atoms with E-state index >= 15 is 0 Å². The zero-order valence-corrected chi connectivity index (χ0v) is 21.7. The van der Waals surface area contributed by atoms with E-state index in [4.69, 9.17) is 20.3 Å². The Kier molecular flexibility index (Phi) is 6.79. The third-order valence-corrected chi connectivity index (χ3v) is 6.48. The van der Waals surface area contributed by atoms with E-state index in [2.05, 4.69) is 15.5 Å². The molecule has 38 heavy (non-hydrogen) atoms. The molecule has 2 aromatic carbocycles. The van der Waals surface area contributed by atoms with Crippen molar-refractivity contribution in [3.05, 3.63) is 65.0 Å². The Morgan fingerprint density at radius 3 is 2.50 bits per heavy atom. The number of carbonyl (C=O) groups is 1. The van der Waals surface area contributed by atoms with Crippen molar-refractivity contribution in [1.82, 2.24) is 25.3 Å². The van der Waals surface area contributed by atoms with Crippen LogP contribution in [-0.4, -0.2) is 37.7 Å². The lowest BCUT2D eigenvalue weighted by atomic mass is 9.91. The van der Waals surface area contributed by atoms with Crippen LogP contribution in [0.25, 0.3) is 22.2 Å². The number of nitrogens with one attached hydrogen (secondary N) is 2. The number of amides is 1. The molecule has 1 aliphatic rings. The van der Waals surface area contributed by atoms with Gasteiger partial charge in [-0.15, -0.1) is 0 Å². The van der Waals surface area contributed by atoms with E-state index in [1.165, 1.54) is 0 Å². The first-order chi connectivity index (χ1) is 18.2. The second-order valence-corrected chi connectivity index (χ2v) is 10.6. The minimum Gasteiger partial charge on any atom is -0.457 e. The first-order valence-corrected chi connectivity index (χ1v) is 12.8. The molecule has 5 rings (SSSR count). The Labute approximate surface area is 220 Å². The molecule has 2 unspecified atom stereocenters. The maximum atomic E-state index is 13.0. The van der Waals surface area contributed by atoms with E-state index in [1.807, 2.05) is 75.4 Å². The SMILES string of the molecule is CC(C)(C)OC(=O)NC1CCCC(n2nc(-c3ccc(Oc4ccccc4)cc3)c3c(N)n[nH]c(=O)c32)C1. The number of hydrogen-bond acceptors (Lipinski definition) is 7. The van der Waals surface area contributed by atoms with Crippen LogP contribution in [0.5, 0.6) is 11.5 Å². The van der Waals surface area contributed by atoms with Gasteiger partial charge in [0.1, 0.15) is 28.3 Å². The number of ether oxygens (including phenoxy) is 2. The first kappa shape index (κ1) is 25.3. The number of nitrogens with two attached hydrogens (primary N) is 1. The summed E-state index contributed by atoms with van der Waals surface area (Å²) in [6.07, 6.45) is 2.67. The lowest BCUT2D eigenvalue weighted by Gasteiger charge is -2.31. The highest BCUT2D eigenvalue weighted by atomic mass is 16.6. The van der Waals surface area contributed by atoms with Gasteiger partial charge in [0.2, 0.25) is 0 Å². The Bertz CT molecular complexity index is 1490. The average Bonchev–Trinajstić information content (AvgIpc) is 3.29. The van der Waals surface area contributed by atoms with Crippen molar-refractivity contribution in [1.29, 1.82) is 0 Å². The number of nitrogens with zero attached hydrogens (tertiary/aromatic N) is 3. The summed E-state index contributed by atoms with van der Waals surface area (Å²) in [5.74, 6) is 1.61. The molecule has 0 bridgehead atoms. The third-order valence-electron chi connectivity index (χ3n) is 6.48. The summed E-state index contributed by atoms with van der Waals surface area (Å²) >= 11 is 0. The van der Waals surface area contributed by atoms with Gasteiger partial charge in [-0.05, 0) is 82.9 Å². The van der Waals surface area contributed by atoms with E-state index in [0.29, 0.717) is 28.8 Å². The zero-order valence-electron chi connectivity index (χ0n) is 21.7. The Hall–Kier alpha value is -4.34. The number of hydrogen-bond donors (Lipinski definition) is 3. The summed E-state index contributed by atoms with van der Waals surface area (Å²) < 4.78 is 13.1. The van der Waals surface area contributed by atoms with Gasteiger partial charge in [-0.25, -0.2) is 9.89 Å². The van der Waals surface area contributed by atoms with Crippen molar-refractivity contribution in [3.8, 4) is 22.8 Å². The summed E-state index contributed by atoms with van der Waals surface area (Å²) in [5, 5.41) is 14.9. The van der Waals surface area contributed by atoms with Gasteiger partial charge >= 0.3 is 6.09 Å². The normalized spacial score (nSPS) is 17.8. The predicted octanol–water partition coefficient (Wildman–Crippen LogP) is 5.17. The van der Waals surface area contributed by atoms with Gasteiger partial charge in [-0.1, -0.05) is 18.2 Å². The summed E-state index contributed by atoms with van der Waals surface area (Å²) in [6, 6.07) is 16.8. The van der Waals surface area contributed by atoms with E-state index in [1.54, 1.807) is 4.68 Å². The molecule has 0 saturated heterocycles. The summed E-state index contributed by atoms with van der Waals surface area (Å²) in [7, 11) is 0. The minimum absolute atomic E-state index is 0.0982. The van der Waals surface area contributed by atoms with Crippen molar-refractivity contribution < 1.29 is 14.3 Å². The molecule has 4 aromatic rings. The first-order valence-electron chi connectivity index (χ1n) is 12.8. The van der Waals surface area contributed by atoms with Crippen LogP contribution >= 0.6 is 0 Å². The molecular formula is C28H32N6O4. The number of fused-ring (bicyclic) bond motifs is 1. The summed E-state index contributed by atoms with van der Waals surface area (Å²) in [6.45, 7) is 5.50. The molecule has 2 aromatic heterocycles. The number of rotatable bonds is 5. The van der Waals surface area contributed by atoms with Crippen molar-refractivity contribution in [2.75, 3.05) is 5.73 Å². The molecule has 0 spiro atoms. The highest BCUT2D eigenvalue weighted by Gasteiger charge is 2.30. The quantitative estimate of drug-likeness (QED) is 0.333. The number of para-hydroxylation sites is 1. The fraction of sp³-hybridized carbons (Fsp3) is 0.357. The molecule has 0 aliphatic heterocycles. The molecule has 4 N–H and O–H groups in total. The highest BCUT2D eigenvalue weighted by molar-refractivity contribution is 5.99. The predicted molar refractivity (Wildman–Crippen MR) is 145 cm³/mol. The van der Waals surface area contributed by atoms with Gasteiger partial charge in [0.05, 0.1) is 11.4 Å². The number of alkyl carbamates (subject to hydrolysis) is 1. The van der Waals surface area contributed by atoms with Crippen LogP contribution in [0.15, 0.2) is 59.4 Å². The molecule has 10 nitrogen and oxygen atoms in total. The van der Waals surface area contributed by atoms with E-state index in [0.717, 1.165) is 30.6 Å². The van der Waals surface area contributed by atoms with E-state index < -0.39 is 11.7 Å². The number of nitrogen functional groups attached to an aromatic ring is 1. The van der Waals surface area contributed by atoms with Crippen LogP contribution in [-0.2, 0) is 4.74 Å². The van der Waals surface area contributed by atoms with Gasteiger partial charge in [-0.2, -0.15) is 10.2 Å². The van der Waals surface area contributed by atoms with Gasteiger partial charge in [0.25, 0.3) is 5.56 Å². The Balaban J connectivity index is 1.45. The molecule has 1 saturated carbocycles. The highest BCUT2D eigenvalue weighted by Crippen LogP contribution is 2.36. The van der Waals surface area contributed by atoms with Crippen molar-refractivity contribution in [2.45, 2.75) is 64.1 Å². The average molecular weight is 517 g/mol. The summed E-state index contributed by atoms with van der Waals surface area (Å²) in [4.78, 5) is 25.3. The van der Waals surface area contributed by atoms with Crippen molar-refractivity contribution in [3.63, 3.8) is 0 Å². The number of aromatic amines is 1. The van der Waals surface area contributed by atoms with Crippen LogP contribution in [0.3, 0.4) is 0 Å². The number of aromatic nitrogens is 4. The van der Waals surface area contributed by atoms with Crippen LogP contribution in [0.2, 0.25) is 0 Å². The van der Waals surface area contributed by atoms with Gasteiger partial charge in [-0.3, -0.25) is 9.48 Å². The number of benzene rings is 2. The maximum Gasteiger partial charge on any atom is 0.407 e. The molecule has 198 valence electrons. The lowest BCUT2D eigenvalue weighted by molar-refractivity contribution is 0.0485. The molecule has 2 atom stereocenters. The van der Waals surface area contributed by atoms with Crippen LogP contribution in [0.1, 0.15) is 52.5 Å². The van der Waals surface area contributed by atoms with Crippen molar-refractivity contribution in [2.24, 2.45) is 0 Å². The van der Waals surface area contributed by atoms with Gasteiger partial charge in [0.15, 0.2) is 5.82 Å². The Morgan fingerprint density at radius 2 is 1.79 bits per heavy atom. The van der Waals surface area contributed by atoms with Crippen molar-refractivity contribution >= 4 is 22.8 Å². The number of carbonyl (C=O) groups excluding carboxylic acids is 1. The molecule has 0 radical (unpaired) electrons. The van der Waals surface area contributed by atoms with Crippen LogP contribution < -0.4 is 21.3 Å². The fourth-order valence-corrected chi connectivity index (χ4v) is 4.88. The third kappa shape index (κ3) is 5.49. The number of H-pyrrole nitrogens is 1. The standard InChI is InChI=1S/C28H32N6O4/c1-28(2,3)38-27(36)30-18-8-7-9-19(16-18)34-24-22(25(29)31-32-26(24)35)23(33-34)17-12-14-21(15-13-17)37-20-10-5-4-6-11-20/h4-6,10-15,18-19H,7-9,16H2,1-3H3,(H2,29,31)(H,30,36)(H,32,35). The fourth-order valence-electron chi connectivity index (χ4n) is 4.88. The van der Waals surface area contributed by atoms with Gasteiger partial charge < -0.3 is 20.5 Å². The number of anilines is 1. The topological polar surface area (TPSA) is 137 Å². The Morgan fingerprint density at radius 1 is 1.08 bits per heavy atom. The molecule has 1 fully saturated rings. The minimum atomic E-state index is -0.579. The molecule has 10 heteroatoms. The monoisotopic (exact) mass is 516 g/mol. The zero-order chi connectivity index (χ0) is 26.9. The summed E-state index contributed by atoms with van der Waals surface area (Å²) in [5.41, 5.74) is 7.05. The van der Waals surface area contributed by atoms with Crippen LogP contribution in [0.4, 0.5) is 10.6 Å². The van der Waals surface area contributed by atoms with Crippen LogP contribution in [0, 0.1) is 0 Å². The van der Waals surface area contributed by atoms with E-state index in [-0.39, 0.29) is 23.5 Å². The molecule has 1 amide bonds. The molecular weight excluding hydrogens is 484 g/mol. The molecule has 1 aliphatic carbocycles.